The highest BCUT2D eigenvalue weighted by molar-refractivity contribution is 8.44. The smallest absolute Gasteiger partial charge is 0.386 e. The van der Waals surface area contributed by atoms with E-state index < -0.39 is 86.9 Å². The monoisotopic (exact) mass is 746 g/mol. The van der Waals surface area contributed by atoms with Gasteiger partial charge in [0.2, 0.25) is 5.95 Å². The first kappa shape index (κ1) is 33.7. The number of thiol groups is 1. The van der Waals surface area contributed by atoms with Crippen LogP contribution in [0.1, 0.15) is 12.5 Å². The van der Waals surface area contributed by atoms with Gasteiger partial charge in [0, 0.05) is 12.8 Å². The number of aromatic nitrogens is 6. The maximum absolute atomic E-state index is 13.7. The van der Waals surface area contributed by atoms with Crippen LogP contribution in [0.25, 0.3) is 22.1 Å². The highest BCUT2D eigenvalue weighted by atomic mass is 32.7. The van der Waals surface area contributed by atoms with E-state index in [0.29, 0.717) is 5.52 Å². The van der Waals surface area contributed by atoms with E-state index in [4.69, 9.17) is 55.6 Å². The molecule has 258 valence electrons. The SMILES string of the molecule is CO[C@H]1[C@H]2OP(=O)(S)OC[C@H]3O[C@@H](n4cnc5cccc(N)c5c4=O)[C@H](O)[C@@H]3OP(O)(=S)OC[C@H]1O[C@H]2n1cnc2c(=O)[nH]c(N)nc21. The second-order valence-electron chi connectivity index (χ2n) is 11.0. The fourth-order valence-electron chi connectivity index (χ4n) is 5.90. The van der Waals surface area contributed by atoms with Crippen molar-refractivity contribution in [1.29, 1.82) is 0 Å². The lowest BCUT2D eigenvalue weighted by atomic mass is 10.1. The molecule has 7 rings (SSSR count). The predicted molar refractivity (Wildman–Crippen MR) is 172 cm³/mol. The Hall–Kier alpha value is -2.82. The van der Waals surface area contributed by atoms with Gasteiger partial charge in [-0.1, -0.05) is 18.3 Å². The van der Waals surface area contributed by atoms with Crippen molar-refractivity contribution >= 4 is 71.3 Å². The number of fused-ring (bicyclic) bond motifs is 5. The van der Waals surface area contributed by atoms with Crippen LogP contribution >= 0.6 is 25.8 Å². The number of hydrogen-bond acceptors (Lipinski definition) is 17. The molecule has 0 aliphatic carbocycles. The lowest BCUT2D eigenvalue weighted by molar-refractivity contribution is -0.0605. The van der Waals surface area contributed by atoms with Crippen LogP contribution in [-0.4, -0.2) is 96.0 Å². The van der Waals surface area contributed by atoms with Gasteiger partial charge in [0.05, 0.1) is 30.4 Å². The number of rotatable bonds is 3. The first-order valence-corrected chi connectivity index (χ1v) is 19.4. The highest BCUT2D eigenvalue weighted by Crippen LogP contribution is 2.58. The van der Waals surface area contributed by atoms with Gasteiger partial charge in [0.15, 0.2) is 23.6 Å². The molecular formula is C24H28N8O12P2S2. The summed E-state index contributed by atoms with van der Waals surface area (Å²) in [6.07, 6.45) is -8.04. The molecule has 0 spiro atoms. The van der Waals surface area contributed by atoms with E-state index in [-0.39, 0.29) is 28.2 Å². The van der Waals surface area contributed by atoms with Crippen LogP contribution in [0.3, 0.4) is 0 Å². The van der Waals surface area contributed by atoms with E-state index in [1.165, 1.54) is 24.1 Å². The van der Waals surface area contributed by atoms with Crippen molar-refractivity contribution in [2.75, 3.05) is 31.8 Å². The van der Waals surface area contributed by atoms with Gasteiger partial charge in [-0.2, -0.15) is 4.98 Å². The normalized spacial score (nSPS) is 36.0. The fraction of sp³-hybridized carbons (Fsp3) is 0.458. The van der Waals surface area contributed by atoms with Crippen LogP contribution in [0, 0.1) is 0 Å². The van der Waals surface area contributed by atoms with Crippen LogP contribution in [0.4, 0.5) is 11.6 Å². The zero-order valence-electron chi connectivity index (χ0n) is 24.5. The maximum atomic E-state index is 13.7. The maximum Gasteiger partial charge on any atom is 0.386 e. The Morgan fingerprint density at radius 3 is 2.56 bits per heavy atom. The number of nitrogens with one attached hydrogen (secondary N) is 1. The van der Waals surface area contributed by atoms with Gasteiger partial charge >= 0.3 is 13.5 Å². The molecule has 0 saturated carbocycles. The summed E-state index contributed by atoms with van der Waals surface area (Å²) < 4.78 is 56.7. The van der Waals surface area contributed by atoms with Crippen molar-refractivity contribution in [3.63, 3.8) is 0 Å². The van der Waals surface area contributed by atoms with Gasteiger partial charge in [-0.05, 0) is 23.9 Å². The molecule has 48 heavy (non-hydrogen) atoms. The number of aliphatic hydroxyl groups is 1. The molecule has 6 heterocycles. The number of imidazole rings is 1. The summed E-state index contributed by atoms with van der Waals surface area (Å²) in [6.45, 7) is -9.62. The highest BCUT2D eigenvalue weighted by Gasteiger charge is 2.53. The first-order valence-electron chi connectivity index (χ1n) is 14.1. The molecule has 0 amide bonds. The van der Waals surface area contributed by atoms with Crippen LogP contribution < -0.4 is 22.6 Å². The molecule has 4 aromatic rings. The van der Waals surface area contributed by atoms with Crippen molar-refractivity contribution in [3.05, 3.63) is 51.6 Å². The molecule has 3 saturated heterocycles. The summed E-state index contributed by atoms with van der Waals surface area (Å²) in [7, 11) is 1.33. The van der Waals surface area contributed by atoms with Crippen molar-refractivity contribution in [1.82, 2.24) is 29.1 Å². The minimum atomic E-state index is -4.36. The molecule has 10 atom stereocenters. The minimum Gasteiger partial charge on any atom is -0.398 e. The summed E-state index contributed by atoms with van der Waals surface area (Å²) in [5.74, 6) is -0.201. The third kappa shape index (κ3) is 6.00. The topological polar surface area (TPSA) is 273 Å². The Kier molecular flexibility index (Phi) is 8.77. The molecule has 20 nitrogen and oxygen atoms in total. The fourth-order valence-corrected chi connectivity index (χ4v) is 8.80. The van der Waals surface area contributed by atoms with Crippen molar-refractivity contribution in [3.8, 4) is 0 Å². The molecule has 1 aromatic carbocycles. The number of aliphatic hydroxyl groups excluding tert-OH is 1. The lowest BCUT2D eigenvalue weighted by Crippen LogP contribution is -2.37. The third-order valence-corrected chi connectivity index (χ3v) is 11.2. The molecule has 24 heteroatoms. The largest absolute Gasteiger partial charge is 0.398 e. The molecule has 7 N–H and O–H groups in total. The average molecular weight is 747 g/mol. The van der Waals surface area contributed by atoms with Gasteiger partial charge in [-0.3, -0.25) is 37.3 Å². The van der Waals surface area contributed by atoms with E-state index in [9.17, 15) is 24.2 Å². The minimum absolute atomic E-state index is 0.0142. The molecule has 3 aromatic heterocycles. The summed E-state index contributed by atoms with van der Waals surface area (Å²) in [6, 6.07) is 4.75. The van der Waals surface area contributed by atoms with E-state index in [0.717, 1.165) is 10.9 Å². The molecule has 3 aliphatic rings. The number of methoxy groups -OCH3 is 1. The first-order chi connectivity index (χ1) is 22.8. The quantitative estimate of drug-likeness (QED) is 0.0910. The predicted octanol–water partition coefficient (Wildman–Crippen LogP) is -0.0633. The second-order valence-corrected chi connectivity index (χ2v) is 16.6. The van der Waals surface area contributed by atoms with Gasteiger partial charge in [0.25, 0.3) is 11.1 Å². The number of H-pyrrole nitrogens is 1. The van der Waals surface area contributed by atoms with E-state index in [2.05, 4.69) is 32.2 Å². The van der Waals surface area contributed by atoms with E-state index in [1.807, 2.05) is 0 Å². The van der Waals surface area contributed by atoms with E-state index in [1.54, 1.807) is 12.1 Å². The van der Waals surface area contributed by atoms with Crippen molar-refractivity contribution < 1.29 is 46.9 Å². The number of nitrogen functional groups attached to an aromatic ring is 2. The van der Waals surface area contributed by atoms with Gasteiger partial charge in [-0.25, -0.2) is 14.5 Å². The summed E-state index contributed by atoms with van der Waals surface area (Å²) in [4.78, 5) is 51.8. The zero-order valence-corrected chi connectivity index (χ0v) is 28.0. The van der Waals surface area contributed by atoms with Crippen LogP contribution in [0.2, 0.25) is 0 Å². The molecule has 0 radical (unpaired) electrons. The number of nitrogens with two attached hydrogens (primary N) is 2. The number of aromatic amines is 1. The molecule has 2 unspecified atom stereocenters. The van der Waals surface area contributed by atoms with Crippen LogP contribution in [0.5, 0.6) is 0 Å². The van der Waals surface area contributed by atoms with Crippen LogP contribution in [0.15, 0.2) is 40.4 Å². The number of hydrogen-bond donors (Lipinski definition) is 6. The third-order valence-electron chi connectivity index (χ3n) is 8.02. The Morgan fingerprint density at radius 2 is 1.79 bits per heavy atom. The standard InChI is InChI=1S/C24H28N8O12P2S2/c1-38-17-12-6-40-45(36,47)43-16-11(41-22(15(16)33)32-7-27-10-4-2-3-9(25)13(10)21(32)35)5-39-46(37,48)44-18(17)23(42-12)31-8-28-14-19(31)29-24(26)30-20(14)34/h2-4,7-8,11-12,15-18,22-23,33H,5-6,25H2,1H3,(H,36,47)(H,37,48)(H3,26,29,30,34)/t11-,12-,15-,16-,17-,18-,22-,23-,45?,46?/m1/s1. The Labute approximate surface area is 279 Å². The van der Waals surface area contributed by atoms with Crippen molar-refractivity contribution in [2.45, 2.75) is 49.1 Å². The number of anilines is 2. The summed E-state index contributed by atoms with van der Waals surface area (Å²) >= 11 is 9.44. The van der Waals surface area contributed by atoms with Gasteiger partial charge < -0.3 is 40.2 Å². The summed E-state index contributed by atoms with van der Waals surface area (Å²) in [5, 5.41) is 11.4. The Morgan fingerprint density at radius 1 is 1.06 bits per heavy atom. The molecule has 3 fully saturated rings. The Bertz CT molecular complexity index is 2120. The number of nitrogens with zero attached hydrogens (tertiary/aromatic N) is 5. The van der Waals surface area contributed by atoms with Gasteiger partial charge in [0.1, 0.15) is 43.0 Å². The number of benzene rings is 1. The summed E-state index contributed by atoms with van der Waals surface area (Å²) in [5.41, 5.74) is 11.0. The van der Waals surface area contributed by atoms with Crippen molar-refractivity contribution in [2.24, 2.45) is 0 Å². The lowest BCUT2D eigenvalue weighted by Gasteiger charge is -2.27. The molecular weight excluding hydrogens is 718 g/mol. The second kappa shape index (κ2) is 12.5. The van der Waals surface area contributed by atoms with Crippen LogP contribution in [-0.2, 0) is 48.7 Å². The van der Waals surface area contributed by atoms with Gasteiger partial charge in [-0.15, -0.1) is 0 Å². The molecule has 2 bridgehead atoms. The Balaban J connectivity index is 1.22. The average Bonchev–Trinajstić information content (AvgIpc) is 3.68. The van der Waals surface area contributed by atoms with E-state index >= 15 is 0 Å². The molecule has 3 aliphatic heterocycles. The zero-order chi connectivity index (χ0) is 34.1. The number of ether oxygens (including phenoxy) is 3.